The van der Waals surface area contributed by atoms with E-state index in [-0.39, 0.29) is 5.91 Å². The van der Waals surface area contributed by atoms with Gasteiger partial charge >= 0.3 is 0 Å². The minimum atomic E-state index is 0.0910. The second-order valence-electron chi connectivity index (χ2n) is 9.09. The van der Waals surface area contributed by atoms with Crippen LogP contribution in [0.2, 0.25) is 0 Å². The fourth-order valence-electron chi connectivity index (χ4n) is 5.69. The van der Waals surface area contributed by atoms with Crippen molar-refractivity contribution in [1.29, 1.82) is 0 Å². The molecule has 0 spiro atoms. The molecule has 2 aromatic carbocycles. The van der Waals surface area contributed by atoms with Crippen LogP contribution in [0.1, 0.15) is 56.3 Å². The Morgan fingerprint density at radius 3 is 2.30 bits per heavy atom. The average Bonchev–Trinajstić information content (AvgIpc) is 2.85. The number of benzene rings is 2. The van der Waals surface area contributed by atoms with Crippen LogP contribution in [-0.4, -0.2) is 54.0 Å². The first-order valence-electron chi connectivity index (χ1n) is 12.3. The largest absolute Gasteiger partial charge is 0.497 e. The van der Waals surface area contributed by atoms with E-state index in [1.54, 1.807) is 7.11 Å². The Kier molecular flexibility index (Phi) is 7.26. The summed E-state index contributed by atoms with van der Waals surface area (Å²) in [6, 6.07) is 17.9. The number of hydrogen-bond acceptors (Lipinski definition) is 4. The third-order valence-corrected chi connectivity index (χ3v) is 7.36. The summed E-state index contributed by atoms with van der Waals surface area (Å²) in [4.78, 5) is 19.6. The number of nitrogens with zero attached hydrogens (tertiary/aromatic N) is 3. The van der Waals surface area contributed by atoms with Crippen LogP contribution in [0.5, 0.6) is 5.75 Å². The van der Waals surface area contributed by atoms with Crippen LogP contribution in [0.15, 0.2) is 61.3 Å². The van der Waals surface area contributed by atoms with Gasteiger partial charge in [0.1, 0.15) is 5.75 Å². The molecular formula is C28H37N3O2. The van der Waals surface area contributed by atoms with Crippen molar-refractivity contribution in [2.45, 2.75) is 64.1 Å². The van der Waals surface area contributed by atoms with Gasteiger partial charge in [-0.05, 0) is 88.5 Å². The molecule has 2 bridgehead atoms. The van der Waals surface area contributed by atoms with Gasteiger partial charge in [-0.25, -0.2) is 0 Å². The lowest BCUT2D eigenvalue weighted by Gasteiger charge is -2.51. The molecule has 0 aromatic heterocycles. The second-order valence-corrected chi connectivity index (χ2v) is 9.09. The first-order chi connectivity index (χ1) is 16.1. The van der Waals surface area contributed by atoms with Crippen molar-refractivity contribution in [3.05, 3.63) is 66.9 Å². The number of carbonyl (C=O) groups excluding carboxylic acids is 1. The molecule has 2 aliphatic heterocycles. The summed E-state index contributed by atoms with van der Waals surface area (Å²) in [5.41, 5.74) is 2.99. The van der Waals surface area contributed by atoms with Gasteiger partial charge in [-0.3, -0.25) is 4.79 Å². The van der Waals surface area contributed by atoms with Gasteiger partial charge in [0.15, 0.2) is 0 Å². The zero-order valence-corrected chi connectivity index (χ0v) is 20.2. The van der Waals surface area contributed by atoms with Crippen molar-refractivity contribution >= 4 is 17.3 Å². The van der Waals surface area contributed by atoms with E-state index in [9.17, 15) is 4.79 Å². The van der Waals surface area contributed by atoms with Gasteiger partial charge in [0.05, 0.1) is 7.11 Å². The third-order valence-electron chi connectivity index (χ3n) is 7.36. The van der Waals surface area contributed by atoms with Crippen molar-refractivity contribution < 1.29 is 9.53 Å². The van der Waals surface area contributed by atoms with E-state index in [2.05, 4.69) is 46.7 Å². The molecule has 2 aliphatic rings. The Balaban J connectivity index is 1.68. The lowest BCUT2D eigenvalue weighted by molar-refractivity contribution is 0.0773. The molecular weight excluding hydrogens is 410 g/mol. The number of carbonyl (C=O) groups is 1. The smallest absolute Gasteiger partial charge is 0.253 e. The fourth-order valence-corrected chi connectivity index (χ4v) is 5.69. The van der Waals surface area contributed by atoms with Crippen molar-refractivity contribution in [1.82, 2.24) is 9.80 Å². The molecule has 2 heterocycles. The molecule has 5 heteroatoms. The van der Waals surface area contributed by atoms with Crippen molar-refractivity contribution in [3.8, 4) is 5.75 Å². The summed E-state index contributed by atoms with van der Waals surface area (Å²) in [7, 11) is 1.71. The third kappa shape index (κ3) is 4.73. The van der Waals surface area contributed by atoms with E-state index in [0.29, 0.717) is 18.1 Å². The van der Waals surface area contributed by atoms with Gasteiger partial charge in [-0.2, -0.15) is 0 Å². The van der Waals surface area contributed by atoms with E-state index < -0.39 is 0 Å². The van der Waals surface area contributed by atoms with Crippen molar-refractivity contribution in [3.63, 3.8) is 0 Å². The normalized spacial score (nSPS) is 21.9. The van der Waals surface area contributed by atoms with Gasteiger partial charge < -0.3 is 19.4 Å². The number of rotatable bonds is 8. The van der Waals surface area contributed by atoms with Crippen LogP contribution < -0.4 is 9.64 Å². The van der Waals surface area contributed by atoms with Gasteiger partial charge in [-0.15, -0.1) is 0 Å². The molecule has 2 unspecified atom stereocenters. The first kappa shape index (κ1) is 23.2. The highest BCUT2D eigenvalue weighted by Gasteiger charge is 2.39. The number of methoxy groups -OCH3 is 1. The number of anilines is 2. The topological polar surface area (TPSA) is 36.0 Å². The Hall–Kier alpha value is -2.95. The number of fused-ring (bicyclic) bond motifs is 2. The quantitative estimate of drug-likeness (QED) is 0.509. The first-order valence-corrected chi connectivity index (χ1v) is 12.3. The van der Waals surface area contributed by atoms with Gasteiger partial charge in [0.25, 0.3) is 5.91 Å². The van der Waals surface area contributed by atoms with Gasteiger partial charge in [-0.1, -0.05) is 12.6 Å². The highest BCUT2D eigenvalue weighted by atomic mass is 16.5. The van der Waals surface area contributed by atoms with Gasteiger partial charge in [0, 0.05) is 54.2 Å². The second kappa shape index (κ2) is 10.3. The van der Waals surface area contributed by atoms with E-state index in [1.807, 2.05) is 43.1 Å². The van der Waals surface area contributed by atoms with Crippen LogP contribution in [0.4, 0.5) is 11.4 Å². The summed E-state index contributed by atoms with van der Waals surface area (Å²) in [6.45, 7) is 9.57. The zero-order valence-electron chi connectivity index (χ0n) is 20.2. The van der Waals surface area contributed by atoms with Crippen molar-refractivity contribution in [2.75, 3.05) is 25.1 Å². The maximum atomic E-state index is 12.8. The summed E-state index contributed by atoms with van der Waals surface area (Å²) in [6.07, 6.45) is 7.99. The van der Waals surface area contributed by atoms with Crippen LogP contribution in [0, 0.1) is 0 Å². The molecule has 2 fully saturated rings. The molecule has 2 saturated heterocycles. The molecule has 5 nitrogen and oxygen atoms in total. The van der Waals surface area contributed by atoms with E-state index >= 15 is 0 Å². The van der Waals surface area contributed by atoms with Crippen LogP contribution in [0.25, 0.3) is 0 Å². The maximum absolute atomic E-state index is 12.8. The molecule has 176 valence electrons. The fraction of sp³-hybridized carbons (Fsp3) is 0.464. The molecule has 0 N–H and O–H groups in total. The molecule has 4 rings (SSSR count). The summed E-state index contributed by atoms with van der Waals surface area (Å²) < 4.78 is 5.54. The predicted octanol–water partition coefficient (Wildman–Crippen LogP) is 5.84. The lowest BCUT2D eigenvalue weighted by Crippen LogP contribution is -2.54. The molecule has 0 radical (unpaired) electrons. The van der Waals surface area contributed by atoms with E-state index in [1.165, 1.54) is 19.3 Å². The number of ether oxygens (including phenoxy) is 1. The Bertz CT molecular complexity index is 940. The molecule has 2 atom stereocenters. The maximum Gasteiger partial charge on any atom is 0.253 e. The summed E-state index contributed by atoms with van der Waals surface area (Å²) in [5.74, 6) is 0.947. The summed E-state index contributed by atoms with van der Waals surface area (Å²) >= 11 is 0. The Morgan fingerprint density at radius 1 is 1.06 bits per heavy atom. The monoisotopic (exact) mass is 447 g/mol. The highest BCUT2D eigenvalue weighted by Crippen LogP contribution is 2.41. The standard InChI is InChI=1S/C28H37N3O2/c1-5-29(6-2)28(32)21-14-16-22(17-15-21)31(25-12-9-13-27(20-25)33-4)26-18-23-10-8-11-24(19-26)30(23)7-3/h7,9,12-17,20,23-24,26H,3,5-6,8,10-11,18-19H2,1-2,4H3. The minimum absolute atomic E-state index is 0.0910. The number of amides is 1. The highest BCUT2D eigenvalue weighted by molar-refractivity contribution is 5.94. The Labute approximate surface area is 198 Å². The van der Waals surface area contributed by atoms with E-state index in [0.717, 1.165) is 48.6 Å². The van der Waals surface area contributed by atoms with Crippen LogP contribution >= 0.6 is 0 Å². The molecule has 0 saturated carbocycles. The molecule has 0 aliphatic carbocycles. The molecule has 33 heavy (non-hydrogen) atoms. The SMILES string of the molecule is C=CN1C2CCCC1CC(N(c1ccc(C(=O)N(CC)CC)cc1)c1cccc(OC)c1)C2. The summed E-state index contributed by atoms with van der Waals surface area (Å²) in [5, 5.41) is 0. The Morgan fingerprint density at radius 2 is 1.73 bits per heavy atom. The van der Waals surface area contributed by atoms with Crippen molar-refractivity contribution in [2.24, 2.45) is 0 Å². The molecule has 2 aromatic rings. The number of piperidine rings is 2. The average molecular weight is 448 g/mol. The zero-order chi connectivity index (χ0) is 23.4. The van der Waals surface area contributed by atoms with Crippen LogP contribution in [-0.2, 0) is 0 Å². The minimum Gasteiger partial charge on any atom is -0.497 e. The lowest BCUT2D eigenvalue weighted by atomic mass is 9.81. The van der Waals surface area contributed by atoms with Crippen LogP contribution in [0.3, 0.4) is 0 Å². The van der Waals surface area contributed by atoms with Gasteiger partial charge in [0.2, 0.25) is 0 Å². The number of hydrogen-bond donors (Lipinski definition) is 0. The molecule has 1 amide bonds. The van der Waals surface area contributed by atoms with E-state index in [4.69, 9.17) is 4.74 Å². The predicted molar refractivity (Wildman–Crippen MR) is 135 cm³/mol.